The summed E-state index contributed by atoms with van der Waals surface area (Å²) < 4.78 is 33.7. The number of hydrogen-bond acceptors (Lipinski definition) is 3. The maximum atomic E-state index is 12.2. The summed E-state index contributed by atoms with van der Waals surface area (Å²) >= 11 is 0. The lowest BCUT2D eigenvalue weighted by Crippen LogP contribution is -2.22. The molecule has 0 saturated heterocycles. The van der Waals surface area contributed by atoms with Gasteiger partial charge in [0.2, 0.25) is 0 Å². The summed E-state index contributed by atoms with van der Waals surface area (Å²) in [5.74, 6) is -0.183. The molecule has 2 aromatic rings. The molecule has 122 valence electrons. The smallest absolute Gasteiger partial charge is 0.387 e. The molecule has 0 unspecified atom stereocenters. The lowest BCUT2D eigenvalue weighted by atomic mass is 10.1. The summed E-state index contributed by atoms with van der Waals surface area (Å²) in [5.41, 5.74) is 2.08. The number of halogens is 2. The molecule has 1 amide bonds. The van der Waals surface area contributed by atoms with Gasteiger partial charge in [0.1, 0.15) is 5.75 Å². The molecule has 6 heteroatoms. The maximum Gasteiger partial charge on any atom is 0.387 e. The van der Waals surface area contributed by atoms with Crippen LogP contribution < -0.4 is 10.1 Å². The van der Waals surface area contributed by atoms with Crippen LogP contribution in [0.25, 0.3) is 0 Å². The van der Waals surface area contributed by atoms with Gasteiger partial charge >= 0.3 is 6.61 Å². The van der Waals surface area contributed by atoms with Gasteiger partial charge in [0.15, 0.2) is 0 Å². The predicted molar refractivity (Wildman–Crippen MR) is 81.4 cm³/mol. The zero-order valence-corrected chi connectivity index (χ0v) is 12.6. The van der Waals surface area contributed by atoms with Crippen molar-refractivity contribution in [3.8, 4) is 5.75 Å². The lowest BCUT2D eigenvalue weighted by Gasteiger charge is -2.09. The van der Waals surface area contributed by atoms with Crippen molar-refractivity contribution in [1.82, 2.24) is 5.32 Å². The van der Waals surface area contributed by atoms with Crippen molar-refractivity contribution < 1.29 is 23.0 Å². The van der Waals surface area contributed by atoms with Crippen LogP contribution in [0.3, 0.4) is 0 Å². The molecule has 0 fully saturated rings. The van der Waals surface area contributed by atoms with Crippen LogP contribution in [0.15, 0.2) is 48.5 Å². The van der Waals surface area contributed by atoms with E-state index < -0.39 is 6.61 Å². The maximum absolute atomic E-state index is 12.2. The Bertz CT molecular complexity index is 662. The van der Waals surface area contributed by atoms with E-state index in [-0.39, 0.29) is 18.2 Å². The number of rotatable bonds is 7. The first-order valence-corrected chi connectivity index (χ1v) is 6.98. The Balaban J connectivity index is 1.97. The van der Waals surface area contributed by atoms with E-state index in [1.54, 1.807) is 37.4 Å². The molecule has 0 radical (unpaired) electrons. The van der Waals surface area contributed by atoms with Crippen molar-refractivity contribution in [3.63, 3.8) is 0 Å². The van der Waals surface area contributed by atoms with Gasteiger partial charge in [0.25, 0.3) is 5.91 Å². The topological polar surface area (TPSA) is 47.6 Å². The summed E-state index contributed by atoms with van der Waals surface area (Å²) in [6, 6.07) is 13.3. The standard InChI is InChI=1S/C17H17F2NO3/c1-22-11-13-5-2-6-14(8-13)16(21)20-10-12-4-3-7-15(9-12)23-17(18)19/h2-9,17H,10-11H2,1H3,(H,20,21). The molecule has 0 atom stereocenters. The van der Waals surface area contributed by atoms with E-state index >= 15 is 0 Å². The molecule has 0 aromatic heterocycles. The molecular formula is C17H17F2NO3. The van der Waals surface area contributed by atoms with Gasteiger partial charge in [-0.1, -0.05) is 24.3 Å². The number of benzene rings is 2. The minimum Gasteiger partial charge on any atom is -0.435 e. The van der Waals surface area contributed by atoms with Crippen molar-refractivity contribution in [1.29, 1.82) is 0 Å². The fraction of sp³-hybridized carbons (Fsp3) is 0.235. The molecule has 0 aliphatic heterocycles. The quantitative estimate of drug-likeness (QED) is 0.850. The van der Waals surface area contributed by atoms with Gasteiger partial charge in [-0.15, -0.1) is 0 Å². The summed E-state index contributed by atoms with van der Waals surface area (Å²) in [6.45, 7) is -2.23. The monoisotopic (exact) mass is 321 g/mol. The lowest BCUT2D eigenvalue weighted by molar-refractivity contribution is -0.0498. The second kappa shape index (κ2) is 8.24. The van der Waals surface area contributed by atoms with Gasteiger partial charge in [-0.05, 0) is 35.4 Å². The Morgan fingerprint density at radius 2 is 1.87 bits per heavy atom. The molecule has 0 aliphatic carbocycles. The third-order valence-corrected chi connectivity index (χ3v) is 3.08. The number of amides is 1. The Labute approximate surface area is 133 Å². The first-order chi connectivity index (χ1) is 11.1. The minimum atomic E-state index is -2.87. The summed E-state index contributed by atoms with van der Waals surface area (Å²) in [5, 5.41) is 2.74. The zero-order valence-electron chi connectivity index (χ0n) is 12.6. The second-order valence-electron chi connectivity index (χ2n) is 4.84. The molecule has 1 N–H and O–H groups in total. The molecule has 0 bridgehead atoms. The van der Waals surface area contributed by atoms with Crippen LogP contribution in [0.2, 0.25) is 0 Å². The van der Waals surface area contributed by atoms with Gasteiger partial charge in [0, 0.05) is 19.2 Å². The number of nitrogens with one attached hydrogen (secondary N) is 1. The highest BCUT2D eigenvalue weighted by Gasteiger charge is 2.08. The molecule has 2 aromatic carbocycles. The van der Waals surface area contributed by atoms with Gasteiger partial charge in [-0.3, -0.25) is 4.79 Å². The van der Waals surface area contributed by atoms with Crippen LogP contribution >= 0.6 is 0 Å². The average Bonchev–Trinajstić information content (AvgIpc) is 2.53. The first kappa shape index (κ1) is 16.9. The fourth-order valence-electron chi connectivity index (χ4n) is 2.09. The van der Waals surface area contributed by atoms with Crippen molar-refractivity contribution in [3.05, 3.63) is 65.2 Å². The van der Waals surface area contributed by atoms with E-state index in [0.29, 0.717) is 17.7 Å². The van der Waals surface area contributed by atoms with E-state index in [2.05, 4.69) is 10.1 Å². The second-order valence-corrected chi connectivity index (χ2v) is 4.84. The molecule has 0 aliphatic rings. The van der Waals surface area contributed by atoms with Crippen molar-refractivity contribution in [2.75, 3.05) is 7.11 Å². The van der Waals surface area contributed by atoms with Gasteiger partial charge in [-0.25, -0.2) is 0 Å². The molecule has 4 nitrogen and oxygen atoms in total. The number of alkyl halides is 2. The van der Waals surface area contributed by atoms with Crippen molar-refractivity contribution >= 4 is 5.91 Å². The zero-order chi connectivity index (χ0) is 16.7. The number of hydrogen-bond donors (Lipinski definition) is 1. The Morgan fingerprint density at radius 1 is 1.13 bits per heavy atom. The van der Waals surface area contributed by atoms with Crippen LogP contribution in [0.4, 0.5) is 8.78 Å². The van der Waals surface area contributed by atoms with Crippen LogP contribution in [-0.2, 0) is 17.9 Å². The molecule has 0 saturated carbocycles. The molecule has 0 heterocycles. The van der Waals surface area contributed by atoms with E-state index in [4.69, 9.17) is 4.74 Å². The first-order valence-electron chi connectivity index (χ1n) is 6.98. The Morgan fingerprint density at radius 3 is 2.61 bits per heavy atom. The Hall–Kier alpha value is -2.47. The summed E-state index contributed by atoms with van der Waals surface area (Å²) in [7, 11) is 1.58. The Kier molecular flexibility index (Phi) is 6.05. The van der Waals surface area contributed by atoms with Gasteiger partial charge < -0.3 is 14.8 Å². The molecule has 23 heavy (non-hydrogen) atoms. The van der Waals surface area contributed by atoms with E-state index in [0.717, 1.165) is 5.56 Å². The largest absolute Gasteiger partial charge is 0.435 e. The predicted octanol–water partition coefficient (Wildman–Crippen LogP) is 3.36. The highest BCUT2D eigenvalue weighted by Crippen LogP contribution is 2.16. The fourth-order valence-corrected chi connectivity index (χ4v) is 2.09. The van der Waals surface area contributed by atoms with Crippen LogP contribution in [-0.4, -0.2) is 19.6 Å². The molecule has 2 rings (SSSR count). The molecular weight excluding hydrogens is 304 g/mol. The normalized spacial score (nSPS) is 10.6. The van der Waals surface area contributed by atoms with E-state index in [1.807, 2.05) is 6.07 Å². The number of ether oxygens (including phenoxy) is 2. The third kappa shape index (κ3) is 5.34. The average molecular weight is 321 g/mol. The van der Waals surface area contributed by atoms with Crippen molar-refractivity contribution in [2.45, 2.75) is 19.8 Å². The third-order valence-electron chi connectivity index (χ3n) is 3.08. The van der Waals surface area contributed by atoms with Gasteiger partial charge in [-0.2, -0.15) is 8.78 Å². The van der Waals surface area contributed by atoms with E-state index in [1.165, 1.54) is 12.1 Å². The van der Waals surface area contributed by atoms with E-state index in [9.17, 15) is 13.6 Å². The van der Waals surface area contributed by atoms with Crippen LogP contribution in [0, 0.1) is 0 Å². The highest BCUT2D eigenvalue weighted by molar-refractivity contribution is 5.94. The van der Waals surface area contributed by atoms with Crippen LogP contribution in [0.5, 0.6) is 5.75 Å². The number of carbonyl (C=O) groups is 1. The summed E-state index contributed by atoms with van der Waals surface area (Å²) in [4.78, 5) is 12.1. The highest BCUT2D eigenvalue weighted by atomic mass is 19.3. The molecule has 0 spiro atoms. The van der Waals surface area contributed by atoms with Crippen molar-refractivity contribution in [2.24, 2.45) is 0 Å². The van der Waals surface area contributed by atoms with Crippen LogP contribution in [0.1, 0.15) is 21.5 Å². The summed E-state index contributed by atoms with van der Waals surface area (Å²) in [6.07, 6.45) is 0. The minimum absolute atomic E-state index is 0.0637. The number of carbonyl (C=O) groups excluding carboxylic acids is 1. The van der Waals surface area contributed by atoms with Gasteiger partial charge in [0.05, 0.1) is 6.61 Å². The number of methoxy groups -OCH3 is 1. The SMILES string of the molecule is COCc1cccc(C(=O)NCc2cccc(OC(F)F)c2)c1.